The number of carbonyl (C=O) groups is 2. The van der Waals surface area contributed by atoms with Crippen LogP contribution in [-0.2, 0) is 14.3 Å². The zero-order chi connectivity index (χ0) is 9.78. The van der Waals surface area contributed by atoms with E-state index in [0.717, 1.165) is 0 Å². The fourth-order valence-corrected chi connectivity index (χ4v) is 0.577. The molecule has 0 aromatic rings. The Labute approximate surface area is 84.2 Å². The Hall–Kier alpha value is -0.610. The molecular formula is C8H16ClNO3. The van der Waals surface area contributed by atoms with Crippen molar-refractivity contribution in [3.63, 3.8) is 0 Å². The number of carbonyl (C=O) groups excluding carboxylic acids is 2. The summed E-state index contributed by atoms with van der Waals surface area (Å²) in [4.78, 5) is 21.0. The largest absolute Gasteiger partial charge is 0.459 e. The molecule has 0 aromatic carbocycles. The van der Waals surface area contributed by atoms with Crippen molar-refractivity contribution < 1.29 is 14.3 Å². The first kappa shape index (κ1) is 14.9. The van der Waals surface area contributed by atoms with Gasteiger partial charge in [0.25, 0.3) is 0 Å². The second kappa shape index (κ2) is 5.94. The van der Waals surface area contributed by atoms with Crippen LogP contribution in [0.15, 0.2) is 0 Å². The van der Waals surface area contributed by atoms with Gasteiger partial charge < -0.3 is 15.3 Å². The molecule has 0 spiro atoms. The SMILES string of the molecule is CC(C)(C)OC(=O)C(N)CC=O.Cl. The van der Waals surface area contributed by atoms with E-state index in [1.807, 2.05) is 0 Å². The van der Waals surface area contributed by atoms with Crippen LogP contribution in [0.1, 0.15) is 27.2 Å². The molecule has 13 heavy (non-hydrogen) atoms. The molecule has 0 saturated carbocycles. The molecule has 0 radical (unpaired) electrons. The minimum atomic E-state index is -0.832. The highest BCUT2D eigenvalue weighted by Gasteiger charge is 2.21. The van der Waals surface area contributed by atoms with E-state index in [1.54, 1.807) is 20.8 Å². The van der Waals surface area contributed by atoms with Crippen molar-refractivity contribution in [1.29, 1.82) is 0 Å². The van der Waals surface area contributed by atoms with Crippen LogP contribution in [0.2, 0.25) is 0 Å². The van der Waals surface area contributed by atoms with Gasteiger partial charge in [-0.05, 0) is 20.8 Å². The van der Waals surface area contributed by atoms with Crippen LogP contribution in [-0.4, -0.2) is 23.9 Å². The first-order valence-electron chi connectivity index (χ1n) is 3.79. The lowest BCUT2D eigenvalue weighted by Crippen LogP contribution is -2.37. The number of hydrogen-bond acceptors (Lipinski definition) is 4. The molecule has 0 aliphatic rings. The average Bonchev–Trinajstić information content (AvgIpc) is 1.84. The molecule has 4 nitrogen and oxygen atoms in total. The number of nitrogens with two attached hydrogens (primary N) is 1. The van der Waals surface area contributed by atoms with Crippen LogP contribution in [0.4, 0.5) is 0 Å². The fraction of sp³-hybridized carbons (Fsp3) is 0.750. The number of aldehydes is 1. The maximum absolute atomic E-state index is 11.0. The van der Waals surface area contributed by atoms with Gasteiger partial charge in [-0.2, -0.15) is 0 Å². The van der Waals surface area contributed by atoms with Crippen molar-refractivity contribution >= 4 is 24.7 Å². The molecule has 1 atom stereocenters. The molecule has 0 fully saturated rings. The highest BCUT2D eigenvalue weighted by molar-refractivity contribution is 5.85. The normalized spacial score (nSPS) is 12.6. The highest BCUT2D eigenvalue weighted by atomic mass is 35.5. The van der Waals surface area contributed by atoms with Crippen LogP contribution in [0.25, 0.3) is 0 Å². The summed E-state index contributed by atoms with van der Waals surface area (Å²) in [6.07, 6.45) is 0.615. The molecule has 5 heteroatoms. The summed E-state index contributed by atoms with van der Waals surface area (Å²) in [5.41, 5.74) is 4.79. The molecule has 0 bridgehead atoms. The van der Waals surface area contributed by atoms with Gasteiger partial charge in [-0.1, -0.05) is 0 Å². The third kappa shape index (κ3) is 7.74. The molecular weight excluding hydrogens is 194 g/mol. The second-order valence-electron chi connectivity index (χ2n) is 3.54. The average molecular weight is 210 g/mol. The summed E-state index contributed by atoms with van der Waals surface area (Å²) in [5, 5.41) is 0. The molecule has 1 unspecified atom stereocenters. The van der Waals surface area contributed by atoms with Crippen LogP contribution in [0, 0.1) is 0 Å². The minimum Gasteiger partial charge on any atom is -0.459 e. The quantitative estimate of drug-likeness (QED) is 0.548. The van der Waals surface area contributed by atoms with Crippen molar-refractivity contribution in [3.05, 3.63) is 0 Å². The molecule has 78 valence electrons. The van der Waals surface area contributed by atoms with E-state index in [1.165, 1.54) is 0 Å². The maximum atomic E-state index is 11.0. The van der Waals surface area contributed by atoms with Gasteiger partial charge in [-0.15, -0.1) is 12.4 Å². The molecule has 0 rings (SSSR count). The third-order valence-corrected chi connectivity index (χ3v) is 1.06. The Bertz CT molecular complexity index is 177. The van der Waals surface area contributed by atoms with E-state index in [-0.39, 0.29) is 18.8 Å². The Morgan fingerprint density at radius 3 is 2.31 bits per heavy atom. The van der Waals surface area contributed by atoms with Crippen molar-refractivity contribution in [3.8, 4) is 0 Å². The summed E-state index contributed by atoms with van der Waals surface area (Å²) in [5.74, 6) is -0.533. The summed E-state index contributed by atoms with van der Waals surface area (Å²) in [7, 11) is 0. The Morgan fingerprint density at radius 1 is 1.54 bits per heavy atom. The Kier molecular flexibility index (Phi) is 6.80. The van der Waals surface area contributed by atoms with Gasteiger partial charge in [0.1, 0.15) is 17.9 Å². The van der Waals surface area contributed by atoms with E-state index in [4.69, 9.17) is 10.5 Å². The number of rotatable bonds is 3. The van der Waals surface area contributed by atoms with Gasteiger partial charge in [-0.25, -0.2) is 0 Å². The van der Waals surface area contributed by atoms with Gasteiger partial charge in [0.05, 0.1) is 0 Å². The van der Waals surface area contributed by atoms with Gasteiger partial charge in [-0.3, -0.25) is 4.79 Å². The summed E-state index contributed by atoms with van der Waals surface area (Å²) < 4.78 is 4.93. The molecule has 0 heterocycles. The Morgan fingerprint density at radius 2 is 2.00 bits per heavy atom. The molecule has 0 aliphatic heterocycles. The predicted octanol–water partition coefficient (Wildman–Crippen LogP) is 0.666. The Balaban J connectivity index is 0. The summed E-state index contributed by atoms with van der Waals surface area (Å²) >= 11 is 0. The smallest absolute Gasteiger partial charge is 0.323 e. The van der Waals surface area contributed by atoms with Gasteiger partial charge in [0.15, 0.2) is 0 Å². The number of halogens is 1. The molecule has 2 N–H and O–H groups in total. The van der Waals surface area contributed by atoms with Crippen LogP contribution >= 0.6 is 12.4 Å². The van der Waals surface area contributed by atoms with E-state index in [2.05, 4.69) is 0 Å². The van der Waals surface area contributed by atoms with Gasteiger partial charge >= 0.3 is 5.97 Å². The van der Waals surface area contributed by atoms with Crippen molar-refractivity contribution in [2.24, 2.45) is 5.73 Å². The van der Waals surface area contributed by atoms with E-state index >= 15 is 0 Å². The zero-order valence-electron chi connectivity index (χ0n) is 8.07. The maximum Gasteiger partial charge on any atom is 0.323 e. The first-order valence-corrected chi connectivity index (χ1v) is 3.79. The highest BCUT2D eigenvalue weighted by Crippen LogP contribution is 2.08. The van der Waals surface area contributed by atoms with Crippen molar-refractivity contribution in [2.75, 3.05) is 0 Å². The molecule has 0 saturated heterocycles. The number of hydrogen-bond donors (Lipinski definition) is 1. The molecule has 0 amide bonds. The lowest BCUT2D eigenvalue weighted by molar-refractivity contribution is -0.157. The van der Waals surface area contributed by atoms with Crippen LogP contribution in [0.3, 0.4) is 0 Å². The lowest BCUT2D eigenvalue weighted by atomic mass is 10.2. The number of esters is 1. The van der Waals surface area contributed by atoms with E-state index in [0.29, 0.717) is 6.29 Å². The van der Waals surface area contributed by atoms with Crippen molar-refractivity contribution in [1.82, 2.24) is 0 Å². The lowest BCUT2D eigenvalue weighted by Gasteiger charge is -2.21. The van der Waals surface area contributed by atoms with Gasteiger partial charge in [0, 0.05) is 6.42 Å². The van der Waals surface area contributed by atoms with Gasteiger partial charge in [0.2, 0.25) is 0 Å². The van der Waals surface area contributed by atoms with Crippen molar-refractivity contribution in [2.45, 2.75) is 38.8 Å². The molecule has 0 aliphatic carbocycles. The topological polar surface area (TPSA) is 69.4 Å². The van der Waals surface area contributed by atoms with E-state index < -0.39 is 17.6 Å². The third-order valence-electron chi connectivity index (χ3n) is 1.06. The first-order chi connectivity index (χ1) is 5.37. The second-order valence-corrected chi connectivity index (χ2v) is 3.54. The fourth-order valence-electron chi connectivity index (χ4n) is 0.577. The monoisotopic (exact) mass is 209 g/mol. The summed E-state index contributed by atoms with van der Waals surface area (Å²) in [6, 6.07) is -0.832. The minimum absolute atomic E-state index is 0. The number of ether oxygens (including phenoxy) is 1. The molecule has 0 aromatic heterocycles. The van der Waals surface area contributed by atoms with Crippen LogP contribution < -0.4 is 5.73 Å². The predicted molar refractivity (Wildman–Crippen MR) is 51.7 cm³/mol. The zero-order valence-corrected chi connectivity index (χ0v) is 8.89. The summed E-state index contributed by atoms with van der Waals surface area (Å²) in [6.45, 7) is 5.25. The van der Waals surface area contributed by atoms with Crippen LogP contribution in [0.5, 0.6) is 0 Å². The van der Waals surface area contributed by atoms with E-state index in [9.17, 15) is 9.59 Å². The standard InChI is InChI=1S/C8H15NO3.ClH/c1-8(2,3)12-7(11)6(9)4-5-10;/h5-6H,4,9H2,1-3H3;1H.